The molecule has 0 aliphatic carbocycles. The monoisotopic (exact) mass is 326 g/mol. The minimum Gasteiger partial charge on any atom is -0.433 e. The molecule has 0 spiro atoms. The van der Waals surface area contributed by atoms with Crippen molar-refractivity contribution in [2.45, 2.75) is 39.7 Å². The Morgan fingerprint density at radius 3 is 2.91 bits per heavy atom. The molecule has 6 heteroatoms. The summed E-state index contributed by atoms with van der Waals surface area (Å²) in [7, 11) is 0. The van der Waals surface area contributed by atoms with Gasteiger partial charge in [-0.05, 0) is 56.3 Å². The van der Waals surface area contributed by atoms with Gasteiger partial charge in [-0.1, -0.05) is 19.1 Å². The summed E-state index contributed by atoms with van der Waals surface area (Å²) in [6.07, 6.45) is 2.61. The average Bonchev–Trinajstić information content (AvgIpc) is 2.51. The van der Waals surface area contributed by atoms with Crippen LogP contribution in [0, 0.1) is 18.8 Å². The van der Waals surface area contributed by atoms with Gasteiger partial charge in [0.15, 0.2) is 0 Å². The molecule has 1 fully saturated rings. The van der Waals surface area contributed by atoms with Crippen LogP contribution in [0.3, 0.4) is 0 Å². The second kappa shape index (κ2) is 8.24. The number of anilines is 1. The molecule has 2 atom stereocenters. The van der Waals surface area contributed by atoms with E-state index in [1.54, 1.807) is 19.1 Å². The number of hydrogen-bond donors (Lipinski definition) is 2. The van der Waals surface area contributed by atoms with Gasteiger partial charge in [-0.2, -0.15) is 8.78 Å². The van der Waals surface area contributed by atoms with Crippen LogP contribution in [0.15, 0.2) is 18.2 Å². The van der Waals surface area contributed by atoms with E-state index in [1.807, 2.05) is 0 Å². The zero-order valence-corrected chi connectivity index (χ0v) is 13.6. The Kier molecular flexibility index (Phi) is 6.33. The summed E-state index contributed by atoms with van der Waals surface area (Å²) < 4.78 is 29.5. The van der Waals surface area contributed by atoms with E-state index in [0.29, 0.717) is 23.6 Å². The van der Waals surface area contributed by atoms with Crippen molar-refractivity contribution < 1.29 is 18.3 Å². The van der Waals surface area contributed by atoms with Gasteiger partial charge in [0.25, 0.3) is 0 Å². The van der Waals surface area contributed by atoms with Crippen molar-refractivity contribution in [3.05, 3.63) is 23.8 Å². The van der Waals surface area contributed by atoms with Gasteiger partial charge in [0.2, 0.25) is 5.91 Å². The molecule has 1 aromatic carbocycles. The van der Waals surface area contributed by atoms with Gasteiger partial charge in [0.1, 0.15) is 5.75 Å². The molecule has 1 heterocycles. The van der Waals surface area contributed by atoms with E-state index >= 15 is 0 Å². The smallest absolute Gasteiger partial charge is 0.387 e. The molecule has 2 unspecified atom stereocenters. The van der Waals surface area contributed by atoms with Crippen molar-refractivity contribution in [1.29, 1.82) is 0 Å². The van der Waals surface area contributed by atoms with E-state index in [4.69, 9.17) is 0 Å². The zero-order valence-electron chi connectivity index (χ0n) is 13.6. The molecule has 128 valence electrons. The summed E-state index contributed by atoms with van der Waals surface area (Å²) in [6.45, 7) is 2.86. The van der Waals surface area contributed by atoms with E-state index in [9.17, 15) is 13.6 Å². The summed E-state index contributed by atoms with van der Waals surface area (Å²) in [4.78, 5) is 12.3. The fraction of sp³-hybridized carbons (Fsp3) is 0.588. The van der Waals surface area contributed by atoms with E-state index in [2.05, 4.69) is 22.3 Å². The highest BCUT2D eigenvalue weighted by atomic mass is 19.3. The van der Waals surface area contributed by atoms with Gasteiger partial charge in [0.05, 0.1) is 5.69 Å². The van der Waals surface area contributed by atoms with E-state index in [-0.39, 0.29) is 17.6 Å². The number of hydrogen-bond acceptors (Lipinski definition) is 3. The molecule has 0 saturated carbocycles. The highest BCUT2D eigenvalue weighted by Gasteiger charge is 2.23. The number of benzene rings is 1. The number of piperidine rings is 1. The van der Waals surface area contributed by atoms with Crippen molar-refractivity contribution in [1.82, 2.24) is 5.32 Å². The van der Waals surface area contributed by atoms with Crippen LogP contribution in [0.1, 0.15) is 31.7 Å². The molecule has 1 aromatic rings. The normalized spacial score (nSPS) is 19.4. The zero-order chi connectivity index (χ0) is 16.8. The van der Waals surface area contributed by atoms with Gasteiger partial charge in [-0.3, -0.25) is 4.79 Å². The molecule has 1 aliphatic heterocycles. The molecule has 0 radical (unpaired) electrons. The van der Waals surface area contributed by atoms with Crippen molar-refractivity contribution in [2.24, 2.45) is 11.8 Å². The average molecular weight is 326 g/mol. The second-order valence-electron chi connectivity index (χ2n) is 6.16. The topological polar surface area (TPSA) is 50.4 Å². The van der Waals surface area contributed by atoms with Crippen LogP contribution in [-0.2, 0) is 4.79 Å². The van der Waals surface area contributed by atoms with Crippen molar-refractivity contribution in [2.75, 3.05) is 18.4 Å². The Morgan fingerprint density at radius 2 is 2.26 bits per heavy atom. The number of amides is 1. The van der Waals surface area contributed by atoms with Crippen LogP contribution in [0.4, 0.5) is 14.5 Å². The first-order valence-corrected chi connectivity index (χ1v) is 8.02. The number of aryl methyl sites for hydroxylation is 1. The summed E-state index contributed by atoms with van der Waals surface area (Å²) in [5.41, 5.74) is 1.02. The molecular formula is C17H24F2N2O2. The maximum Gasteiger partial charge on any atom is 0.387 e. The van der Waals surface area contributed by atoms with Crippen molar-refractivity contribution in [3.63, 3.8) is 0 Å². The molecule has 1 amide bonds. The fourth-order valence-electron chi connectivity index (χ4n) is 3.01. The lowest BCUT2D eigenvalue weighted by Gasteiger charge is -2.28. The van der Waals surface area contributed by atoms with Crippen molar-refractivity contribution in [3.8, 4) is 5.75 Å². The molecule has 0 aromatic heterocycles. The number of carbonyl (C=O) groups excluding carboxylic acids is 1. The van der Waals surface area contributed by atoms with Gasteiger partial charge >= 0.3 is 6.61 Å². The Morgan fingerprint density at radius 1 is 1.48 bits per heavy atom. The van der Waals surface area contributed by atoms with Gasteiger partial charge in [-0.15, -0.1) is 0 Å². The predicted molar refractivity (Wildman–Crippen MR) is 85.8 cm³/mol. The lowest BCUT2D eigenvalue weighted by atomic mass is 9.85. The molecule has 2 N–H and O–H groups in total. The SMILES string of the molecule is Cc1cccc(OC(F)F)c1NC(=O)CC(C)C1CCCNC1. The molecule has 2 rings (SSSR count). The minimum absolute atomic E-state index is 0.000311. The molecular weight excluding hydrogens is 302 g/mol. The van der Waals surface area contributed by atoms with Gasteiger partial charge in [-0.25, -0.2) is 0 Å². The second-order valence-corrected chi connectivity index (χ2v) is 6.16. The highest BCUT2D eigenvalue weighted by Crippen LogP contribution is 2.30. The van der Waals surface area contributed by atoms with Crippen molar-refractivity contribution >= 4 is 11.6 Å². The van der Waals surface area contributed by atoms with Crippen LogP contribution >= 0.6 is 0 Å². The predicted octanol–water partition coefficient (Wildman–Crippen LogP) is 3.56. The Bertz CT molecular complexity index is 531. The number of nitrogens with one attached hydrogen (secondary N) is 2. The maximum absolute atomic E-state index is 12.5. The third kappa shape index (κ3) is 5.16. The minimum atomic E-state index is -2.92. The van der Waals surface area contributed by atoms with Crippen LogP contribution in [0.5, 0.6) is 5.75 Å². The van der Waals surface area contributed by atoms with Gasteiger partial charge < -0.3 is 15.4 Å². The van der Waals surface area contributed by atoms with Crippen LogP contribution < -0.4 is 15.4 Å². The van der Waals surface area contributed by atoms with Gasteiger partial charge in [0, 0.05) is 6.42 Å². The lowest BCUT2D eigenvalue weighted by Crippen LogP contribution is -2.34. The number of carbonyl (C=O) groups is 1. The molecule has 23 heavy (non-hydrogen) atoms. The standard InChI is InChI=1S/C17H24F2N2O2/c1-11-5-3-7-14(23-17(18)19)16(11)21-15(22)9-12(2)13-6-4-8-20-10-13/h3,5,7,12-13,17,20H,4,6,8-10H2,1-2H3,(H,21,22). The van der Waals surface area contributed by atoms with E-state index < -0.39 is 6.61 Å². The molecule has 4 nitrogen and oxygen atoms in total. The first kappa shape index (κ1) is 17.7. The van der Waals surface area contributed by atoms with E-state index in [0.717, 1.165) is 25.9 Å². The largest absolute Gasteiger partial charge is 0.433 e. The first-order valence-electron chi connectivity index (χ1n) is 8.02. The summed E-state index contributed by atoms with van der Waals surface area (Å²) >= 11 is 0. The Labute approximate surface area is 135 Å². The quantitative estimate of drug-likeness (QED) is 0.840. The number of para-hydroxylation sites is 1. The molecule has 1 aliphatic rings. The Balaban J connectivity index is 1.99. The third-order valence-corrected chi connectivity index (χ3v) is 4.36. The van der Waals surface area contributed by atoms with Crippen LogP contribution in [-0.4, -0.2) is 25.6 Å². The van der Waals surface area contributed by atoms with Crippen LogP contribution in [0.2, 0.25) is 0 Å². The third-order valence-electron chi connectivity index (χ3n) is 4.36. The fourth-order valence-corrected chi connectivity index (χ4v) is 3.01. The van der Waals surface area contributed by atoms with E-state index in [1.165, 1.54) is 6.07 Å². The number of ether oxygens (including phenoxy) is 1. The van der Waals surface area contributed by atoms with Crippen LogP contribution in [0.25, 0.3) is 0 Å². The molecule has 0 bridgehead atoms. The number of rotatable bonds is 6. The lowest BCUT2D eigenvalue weighted by molar-refractivity contribution is -0.117. The summed E-state index contributed by atoms with van der Waals surface area (Å²) in [6, 6.07) is 4.81. The Hall–Kier alpha value is -1.69. The highest BCUT2D eigenvalue weighted by molar-refractivity contribution is 5.93. The summed E-state index contributed by atoms with van der Waals surface area (Å²) in [5, 5.41) is 6.08. The number of alkyl halides is 2. The maximum atomic E-state index is 12.5. The number of halogens is 2. The summed E-state index contributed by atoms with van der Waals surface area (Å²) in [5.74, 6) is 0.547. The first-order chi connectivity index (χ1) is 11.0. The molecule has 1 saturated heterocycles.